The first-order valence-electron chi connectivity index (χ1n) is 7.79. The zero-order valence-electron chi connectivity index (χ0n) is 12.7. The van der Waals surface area contributed by atoms with Crippen LogP contribution in [0.3, 0.4) is 0 Å². The molecule has 20 heavy (non-hydrogen) atoms. The molecule has 1 aromatic rings. The monoisotopic (exact) mass is 277 g/mol. The second-order valence-corrected chi connectivity index (χ2v) is 5.16. The average Bonchev–Trinajstić information content (AvgIpc) is 2.45. The Labute approximate surface area is 122 Å². The van der Waals surface area contributed by atoms with E-state index in [1.54, 1.807) is 0 Å². The van der Waals surface area contributed by atoms with Gasteiger partial charge >= 0.3 is 6.09 Å². The number of unbranched alkanes of at least 4 members (excludes halogenated alkanes) is 3. The van der Waals surface area contributed by atoms with Crippen molar-refractivity contribution >= 4 is 11.8 Å². The molecule has 0 radical (unpaired) electrons. The van der Waals surface area contributed by atoms with Gasteiger partial charge in [0.05, 0.1) is 0 Å². The van der Waals surface area contributed by atoms with Crippen LogP contribution in [-0.4, -0.2) is 12.2 Å². The van der Waals surface area contributed by atoms with Gasteiger partial charge in [-0.15, -0.1) is 0 Å². The van der Waals surface area contributed by atoms with E-state index >= 15 is 0 Å². The van der Waals surface area contributed by atoms with E-state index in [0.29, 0.717) is 0 Å². The summed E-state index contributed by atoms with van der Waals surface area (Å²) in [5, 5.41) is 2.78. The van der Waals surface area contributed by atoms with Crippen molar-refractivity contribution in [1.82, 2.24) is 0 Å². The van der Waals surface area contributed by atoms with E-state index in [4.69, 9.17) is 4.74 Å². The van der Waals surface area contributed by atoms with Crippen LogP contribution in [0.15, 0.2) is 30.3 Å². The highest BCUT2D eigenvalue weighted by Gasteiger charge is 2.13. The Balaban J connectivity index is 2.39. The second-order valence-electron chi connectivity index (χ2n) is 5.16. The number of hydrogen-bond acceptors (Lipinski definition) is 2. The van der Waals surface area contributed by atoms with Gasteiger partial charge in [0.1, 0.15) is 6.10 Å². The average molecular weight is 277 g/mol. The van der Waals surface area contributed by atoms with Crippen LogP contribution in [0.1, 0.15) is 58.8 Å². The molecule has 1 atom stereocenters. The lowest BCUT2D eigenvalue weighted by Gasteiger charge is -2.18. The predicted octanol–water partition coefficient (Wildman–Crippen LogP) is 5.37. The largest absolute Gasteiger partial charge is 0.446 e. The summed E-state index contributed by atoms with van der Waals surface area (Å²) in [5.41, 5.74) is 0.778. The van der Waals surface area contributed by atoms with Crippen molar-refractivity contribution in [2.24, 2.45) is 0 Å². The lowest BCUT2D eigenvalue weighted by atomic mass is 10.1. The normalized spacial score (nSPS) is 11.9. The molecule has 0 saturated carbocycles. The van der Waals surface area contributed by atoms with Crippen molar-refractivity contribution in [1.29, 1.82) is 0 Å². The molecule has 0 heterocycles. The summed E-state index contributed by atoms with van der Waals surface area (Å²) < 4.78 is 5.55. The third-order valence-electron chi connectivity index (χ3n) is 3.30. The second kappa shape index (κ2) is 10.3. The number of benzene rings is 1. The minimum atomic E-state index is -0.339. The minimum absolute atomic E-state index is 0.0465. The quantitative estimate of drug-likeness (QED) is 0.616. The fraction of sp³-hybridized carbons (Fsp3) is 0.588. The van der Waals surface area contributed by atoms with Crippen LogP contribution < -0.4 is 5.32 Å². The van der Waals surface area contributed by atoms with E-state index in [-0.39, 0.29) is 12.2 Å². The Hall–Kier alpha value is -1.51. The van der Waals surface area contributed by atoms with Gasteiger partial charge in [0.25, 0.3) is 0 Å². The summed E-state index contributed by atoms with van der Waals surface area (Å²) in [4.78, 5) is 11.9. The zero-order valence-corrected chi connectivity index (χ0v) is 12.7. The van der Waals surface area contributed by atoms with Gasteiger partial charge in [0.15, 0.2) is 0 Å². The zero-order chi connectivity index (χ0) is 14.6. The third-order valence-corrected chi connectivity index (χ3v) is 3.30. The van der Waals surface area contributed by atoms with Crippen molar-refractivity contribution in [2.45, 2.75) is 64.9 Å². The molecule has 0 bridgehead atoms. The van der Waals surface area contributed by atoms with Gasteiger partial charge in [0.2, 0.25) is 0 Å². The van der Waals surface area contributed by atoms with Crippen LogP contribution >= 0.6 is 0 Å². The maximum absolute atomic E-state index is 11.9. The Bertz CT molecular complexity index is 365. The van der Waals surface area contributed by atoms with E-state index in [1.165, 1.54) is 12.8 Å². The summed E-state index contributed by atoms with van der Waals surface area (Å²) >= 11 is 0. The molecule has 112 valence electrons. The van der Waals surface area contributed by atoms with E-state index in [2.05, 4.69) is 19.2 Å². The van der Waals surface area contributed by atoms with Crippen LogP contribution in [0.2, 0.25) is 0 Å². The third kappa shape index (κ3) is 7.17. The topological polar surface area (TPSA) is 38.3 Å². The van der Waals surface area contributed by atoms with Gasteiger partial charge in [-0.1, -0.05) is 57.7 Å². The number of carbonyl (C=O) groups is 1. The van der Waals surface area contributed by atoms with Gasteiger partial charge in [0, 0.05) is 5.69 Å². The molecule has 1 aromatic carbocycles. The highest BCUT2D eigenvalue weighted by atomic mass is 16.6. The summed E-state index contributed by atoms with van der Waals surface area (Å²) in [5.74, 6) is 0. The lowest BCUT2D eigenvalue weighted by molar-refractivity contribution is 0.0965. The number of anilines is 1. The summed E-state index contributed by atoms with van der Waals surface area (Å²) in [6, 6.07) is 9.43. The number of carbonyl (C=O) groups excluding carboxylic acids is 1. The molecule has 3 nitrogen and oxygen atoms in total. The van der Waals surface area contributed by atoms with E-state index in [1.807, 2.05) is 30.3 Å². The summed E-state index contributed by atoms with van der Waals surface area (Å²) in [6.45, 7) is 4.34. The first-order chi connectivity index (χ1) is 9.76. The fourth-order valence-electron chi connectivity index (χ4n) is 2.14. The van der Waals surface area contributed by atoms with Crippen molar-refractivity contribution in [3.05, 3.63) is 30.3 Å². The number of hydrogen-bond donors (Lipinski definition) is 1. The summed E-state index contributed by atoms with van der Waals surface area (Å²) in [7, 11) is 0. The molecular weight excluding hydrogens is 250 g/mol. The van der Waals surface area contributed by atoms with Crippen molar-refractivity contribution < 1.29 is 9.53 Å². The van der Waals surface area contributed by atoms with Gasteiger partial charge in [-0.05, 0) is 31.4 Å². The van der Waals surface area contributed by atoms with Crippen molar-refractivity contribution in [2.75, 3.05) is 5.32 Å². The van der Waals surface area contributed by atoms with Gasteiger partial charge in [-0.2, -0.15) is 0 Å². The predicted molar refractivity (Wildman–Crippen MR) is 84.0 cm³/mol. The van der Waals surface area contributed by atoms with Crippen LogP contribution in [0.25, 0.3) is 0 Å². The van der Waals surface area contributed by atoms with Crippen LogP contribution in [0, 0.1) is 0 Å². The SMILES string of the molecule is CCCCC[C@H](CCCC)OC(=O)Nc1ccccc1. The Morgan fingerprint density at radius 1 is 1.05 bits per heavy atom. The van der Waals surface area contributed by atoms with Crippen LogP contribution in [-0.2, 0) is 4.74 Å². The molecule has 0 unspecified atom stereocenters. The van der Waals surface area contributed by atoms with Crippen molar-refractivity contribution in [3.8, 4) is 0 Å². The van der Waals surface area contributed by atoms with E-state index < -0.39 is 0 Å². The molecule has 1 N–H and O–H groups in total. The molecule has 1 amide bonds. The number of nitrogens with one attached hydrogen (secondary N) is 1. The first-order valence-corrected chi connectivity index (χ1v) is 7.79. The van der Waals surface area contributed by atoms with Crippen LogP contribution in [0.5, 0.6) is 0 Å². The highest BCUT2D eigenvalue weighted by Crippen LogP contribution is 2.15. The molecule has 1 rings (SSSR count). The highest BCUT2D eigenvalue weighted by molar-refractivity contribution is 5.84. The van der Waals surface area contributed by atoms with Crippen molar-refractivity contribution in [3.63, 3.8) is 0 Å². The molecule has 0 aliphatic heterocycles. The number of ether oxygens (including phenoxy) is 1. The summed E-state index contributed by atoms with van der Waals surface area (Å²) in [6.07, 6.45) is 7.40. The Morgan fingerprint density at radius 3 is 2.35 bits per heavy atom. The maximum Gasteiger partial charge on any atom is 0.411 e. The molecule has 0 aliphatic rings. The van der Waals surface area contributed by atoms with E-state index in [9.17, 15) is 4.79 Å². The maximum atomic E-state index is 11.9. The number of rotatable bonds is 9. The molecule has 0 aromatic heterocycles. The standard InChI is InChI=1S/C17H27NO2/c1-3-5-8-14-16(13-6-4-2)20-17(19)18-15-11-9-7-10-12-15/h7,9-12,16H,3-6,8,13-14H2,1-2H3,(H,18,19)/t16-/m0/s1. The number of amides is 1. The molecule has 0 spiro atoms. The van der Waals surface area contributed by atoms with Crippen LogP contribution in [0.4, 0.5) is 10.5 Å². The molecular formula is C17H27NO2. The molecule has 0 aliphatic carbocycles. The fourth-order valence-corrected chi connectivity index (χ4v) is 2.14. The molecule has 0 saturated heterocycles. The lowest BCUT2D eigenvalue weighted by Crippen LogP contribution is -2.22. The molecule has 3 heteroatoms. The Kier molecular flexibility index (Phi) is 8.52. The van der Waals surface area contributed by atoms with E-state index in [0.717, 1.165) is 37.8 Å². The van der Waals surface area contributed by atoms with Gasteiger partial charge < -0.3 is 4.74 Å². The molecule has 0 fully saturated rings. The first kappa shape index (κ1) is 16.5. The van der Waals surface area contributed by atoms with Gasteiger partial charge in [-0.3, -0.25) is 5.32 Å². The van der Waals surface area contributed by atoms with Gasteiger partial charge in [-0.25, -0.2) is 4.79 Å². The smallest absolute Gasteiger partial charge is 0.411 e. The Morgan fingerprint density at radius 2 is 1.70 bits per heavy atom. The minimum Gasteiger partial charge on any atom is -0.446 e. The number of para-hydroxylation sites is 1.